The summed E-state index contributed by atoms with van der Waals surface area (Å²) in [6, 6.07) is 5.61. The molecule has 0 spiro atoms. The minimum atomic E-state index is -0.403. The number of nitrogens with two attached hydrogens (primary N) is 1. The predicted molar refractivity (Wildman–Crippen MR) is 61.2 cm³/mol. The van der Waals surface area contributed by atoms with Crippen molar-refractivity contribution in [1.29, 1.82) is 0 Å². The molecule has 0 saturated carbocycles. The molecule has 0 amide bonds. The molecule has 1 aliphatic carbocycles. The summed E-state index contributed by atoms with van der Waals surface area (Å²) in [6.07, 6.45) is 2.34. The van der Waals surface area contributed by atoms with E-state index >= 15 is 0 Å². The number of ketones is 1. The monoisotopic (exact) mass is 203 g/mol. The lowest BCUT2D eigenvalue weighted by molar-refractivity contribution is 0.0968. The van der Waals surface area contributed by atoms with Crippen LogP contribution in [-0.4, -0.2) is 11.8 Å². The predicted octanol–water partition coefficient (Wildman–Crippen LogP) is 2.27. The summed E-state index contributed by atoms with van der Waals surface area (Å²) in [5.74, 6) is 0.623. The maximum atomic E-state index is 11.7. The van der Waals surface area contributed by atoms with Gasteiger partial charge in [-0.25, -0.2) is 0 Å². The standard InChI is InChI=1S/C13H17NO/c1-8-3-4-10-5-6-11(7-12(8)10)13(15)9(2)14/h5-9H,3-4,14H2,1-2H3. The first kappa shape index (κ1) is 10.4. The summed E-state index contributed by atoms with van der Waals surface area (Å²) in [4.78, 5) is 11.7. The summed E-state index contributed by atoms with van der Waals surface area (Å²) in [5, 5.41) is 0. The fourth-order valence-corrected chi connectivity index (χ4v) is 2.23. The third-order valence-electron chi connectivity index (χ3n) is 3.22. The van der Waals surface area contributed by atoms with Crippen LogP contribution in [-0.2, 0) is 6.42 Å². The number of Topliss-reactive ketones (excluding diaryl/α,β-unsaturated/α-hetero) is 1. The molecule has 2 unspecified atom stereocenters. The number of fused-ring (bicyclic) bond motifs is 1. The molecule has 1 aromatic rings. The Labute approximate surface area is 90.5 Å². The smallest absolute Gasteiger partial charge is 0.179 e. The molecule has 0 heterocycles. The van der Waals surface area contributed by atoms with Gasteiger partial charge >= 0.3 is 0 Å². The zero-order valence-corrected chi connectivity index (χ0v) is 9.29. The quantitative estimate of drug-likeness (QED) is 0.749. The Hall–Kier alpha value is -1.15. The van der Waals surface area contributed by atoms with E-state index < -0.39 is 6.04 Å². The first-order chi connectivity index (χ1) is 7.09. The number of carbonyl (C=O) groups is 1. The van der Waals surface area contributed by atoms with Crippen LogP contribution in [0.5, 0.6) is 0 Å². The number of hydrogen-bond acceptors (Lipinski definition) is 2. The Morgan fingerprint density at radius 2 is 2.27 bits per heavy atom. The van der Waals surface area contributed by atoms with Crippen LogP contribution in [0.3, 0.4) is 0 Å². The third-order valence-corrected chi connectivity index (χ3v) is 3.22. The Morgan fingerprint density at radius 1 is 1.53 bits per heavy atom. The normalized spacial score (nSPS) is 21.1. The highest BCUT2D eigenvalue weighted by Crippen LogP contribution is 2.33. The van der Waals surface area contributed by atoms with E-state index in [1.165, 1.54) is 17.5 Å². The van der Waals surface area contributed by atoms with Gasteiger partial charge in [0.15, 0.2) is 5.78 Å². The molecule has 0 radical (unpaired) electrons. The third kappa shape index (κ3) is 1.82. The van der Waals surface area contributed by atoms with Gasteiger partial charge in [-0.3, -0.25) is 4.79 Å². The van der Waals surface area contributed by atoms with Crippen molar-refractivity contribution in [2.75, 3.05) is 0 Å². The first-order valence-corrected chi connectivity index (χ1v) is 5.52. The number of hydrogen-bond donors (Lipinski definition) is 1. The average molecular weight is 203 g/mol. The molecule has 0 aliphatic heterocycles. The lowest BCUT2D eigenvalue weighted by Crippen LogP contribution is -2.26. The van der Waals surface area contributed by atoms with Crippen molar-refractivity contribution in [2.45, 2.75) is 38.6 Å². The fraction of sp³-hybridized carbons (Fsp3) is 0.462. The molecule has 2 atom stereocenters. The van der Waals surface area contributed by atoms with Gasteiger partial charge in [-0.05, 0) is 42.9 Å². The van der Waals surface area contributed by atoms with Crippen LogP contribution in [0.4, 0.5) is 0 Å². The second-order valence-corrected chi connectivity index (χ2v) is 4.51. The van der Waals surface area contributed by atoms with E-state index in [9.17, 15) is 4.79 Å². The Balaban J connectivity index is 2.37. The summed E-state index contributed by atoms with van der Waals surface area (Å²) < 4.78 is 0. The second kappa shape index (κ2) is 3.78. The van der Waals surface area contributed by atoms with Crippen molar-refractivity contribution in [3.8, 4) is 0 Å². The van der Waals surface area contributed by atoms with E-state index in [4.69, 9.17) is 5.73 Å². The van der Waals surface area contributed by atoms with Crippen LogP contribution in [0.2, 0.25) is 0 Å². The van der Waals surface area contributed by atoms with E-state index in [1.807, 2.05) is 12.1 Å². The minimum Gasteiger partial charge on any atom is -0.321 e. The molecule has 2 rings (SSSR count). The topological polar surface area (TPSA) is 43.1 Å². The average Bonchev–Trinajstić information content (AvgIpc) is 2.59. The van der Waals surface area contributed by atoms with Gasteiger partial charge in [0.2, 0.25) is 0 Å². The molecule has 1 aromatic carbocycles. The van der Waals surface area contributed by atoms with Crippen molar-refractivity contribution >= 4 is 5.78 Å². The van der Waals surface area contributed by atoms with Crippen molar-refractivity contribution in [3.63, 3.8) is 0 Å². The fourth-order valence-electron chi connectivity index (χ4n) is 2.23. The van der Waals surface area contributed by atoms with Crippen LogP contribution >= 0.6 is 0 Å². The Bertz CT molecular complexity index is 396. The highest BCUT2D eigenvalue weighted by Gasteiger charge is 2.20. The van der Waals surface area contributed by atoms with Gasteiger partial charge in [-0.15, -0.1) is 0 Å². The highest BCUT2D eigenvalue weighted by molar-refractivity contribution is 5.99. The molecular formula is C13H17NO. The maximum absolute atomic E-state index is 11.7. The van der Waals surface area contributed by atoms with E-state index in [-0.39, 0.29) is 5.78 Å². The van der Waals surface area contributed by atoms with Gasteiger partial charge in [-0.1, -0.05) is 19.1 Å². The number of benzene rings is 1. The van der Waals surface area contributed by atoms with Gasteiger partial charge in [0.1, 0.15) is 0 Å². The van der Waals surface area contributed by atoms with E-state index in [1.54, 1.807) is 6.92 Å². The van der Waals surface area contributed by atoms with Crippen molar-refractivity contribution in [1.82, 2.24) is 0 Å². The maximum Gasteiger partial charge on any atom is 0.179 e. The minimum absolute atomic E-state index is 0.0388. The second-order valence-electron chi connectivity index (χ2n) is 4.51. The zero-order valence-electron chi connectivity index (χ0n) is 9.29. The summed E-state index contributed by atoms with van der Waals surface area (Å²) in [5.41, 5.74) is 9.09. The van der Waals surface area contributed by atoms with E-state index in [0.717, 1.165) is 12.0 Å². The number of aryl methyl sites for hydroxylation is 1. The van der Waals surface area contributed by atoms with Gasteiger partial charge in [0, 0.05) is 5.56 Å². The summed E-state index contributed by atoms with van der Waals surface area (Å²) in [6.45, 7) is 3.95. The Kier molecular flexibility index (Phi) is 2.61. The van der Waals surface area contributed by atoms with Crippen molar-refractivity contribution in [2.24, 2.45) is 5.73 Å². The molecular weight excluding hydrogens is 186 g/mol. The van der Waals surface area contributed by atoms with Crippen LogP contribution in [0.15, 0.2) is 18.2 Å². The van der Waals surface area contributed by atoms with Crippen LogP contribution < -0.4 is 5.73 Å². The molecule has 15 heavy (non-hydrogen) atoms. The van der Waals surface area contributed by atoms with Crippen molar-refractivity contribution < 1.29 is 4.79 Å². The van der Waals surface area contributed by atoms with Crippen LogP contribution in [0, 0.1) is 0 Å². The molecule has 2 heteroatoms. The van der Waals surface area contributed by atoms with Gasteiger partial charge in [0.05, 0.1) is 6.04 Å². The number of carbonyl (C=O) groups excluding carboxylic acids is 1. The van der Waals surface area contributed by atoms with Gasteiger partial charge in [0.25, 0.3) is 0 Å². The molecule has 2 N–H and O–H groups in total. The molecule has 0 aromatic heterocycles. The molecule has 1 aliphatic rings. The van der Waals surface area contributed by atoms with Crippen molar-refractivity contribution in [3.05, 3.63) is 34.9 Å². The van der Waals surface area contributed by atoms with Crippen LogP contribution in [0.25, 0.3) is 0 Å². The highest BCUT2D eigenvalue weighted by atomic mass is 16.1. The molecule has 0 saturated heterocycles. The zero-order chi connectivity index (χ0) is 11.0. The SMILES string of the molecule is CC(N)C(=O)c1ccc2c(c1)C(C)CC2. The first-order valence-electron chi connectivity index (χ1n) is 5.52. The van der Waals surface area contributed by atoms with E-state index in [0.29, 0.717) is 5.92 Å². The lowest BCUT2D eigenvalue weighted by Gasteiger charge is -2.09. The summed E-state index contributed by atoms with van der Waals surface area (Å²) in [7, 11) is 0. The molecule has 0 bridgehead atoms. The van der Waals surface area contributed by atoms with Gasteiger partial charge in [-0.2, -0.15) is 0 Å². The number of rotatable bonds is 2. The lowest BCUT2D eigenvalue weighted by atomic mass is 9.97. The molecule has 80 valence electrons. The largest absolute Gasteiger partial charge is 0.321 e. The molecule has 0 fully saturated rings. The van der Waals surface area contributed by atoms with E-state index in [2.05, 4.69) is 13.0 Å². The van der Waals surface area contributed by atoms with Crippen LogP contribution in [0.1, 0.15) is 47.7 Å². The summed E-state index contributed by atoms with van der Waals surface area (Å²) >= 11 is 0. The molecule has 2 nitrogen and oxygen atoms in total. The van der Waals surface area contributed by atoms with Gasteiger partial charge < -0.3 is 5.73 Å². The Morgan fingerprint density at radius 3 is 2.93 bits per heavy atom.